The molecule has 1 saturated heterocycles. The van der Waals surface area contributed by atoms with Crippen LogP contribution in [0.2, 0.25) is 0 Å². The summed E-state index contributed by atoms with van der Waals surface area (Å²) in [5.74, 6) is 0.515. The maximum absolute atomic E-state index is 9.63. The van der Waals surface area contributed by atoms with E-state index in [1.165, 1.54) is 11.1 Å². The highest BCUT2D eigenvalue weighted by Crippen LogP contribution is 2.28. The highest BCUT2D eigenvalue weighted by molar-refractivity contribution is 5.85. The number of halogens is 1. The van der Waals surface area contributed by atoms with Crippen LogP contribution in [0.5, 0.6) is 0 Å². The molecular formula is C15H20ClN3O. The van der Waals surface area contributed by atoms with Gasteiger partial charge in [-0.25, -0.2) is 0 Å². The molecule has 5 heteroatoms. The molecule has 0 spiro atoms. The summed E-state index contributed by atoms with van der Waals surface area (Å²) >= 11 is 0. The van der Waals surface area contributed by atoms with Crippen molar-refractivity contribution in [3.8, 4) is 0 Å². The van der Waals surface area contributed by atoms with Gasteiger partial charge in [-0.15, -0.1) is 22.4 Å². The molecule has 108 valence electrons. The second-order valence-corrected chi connectivity index (χ2v) is 5.14. The van der Waals surface area contributed by atoms with Gasteiger partial charge in [0.15, 0.2) is 0 Å². The second kappa shape index (κ2) is 6.77. The van der Waals surface area contributed by atoms with Gasteiger partial charge in [0, 0.05) is 12.0 Å². The summed E-state index contributed by atoms with van der Waals surface area (Å²) in [5.41, 5.74) is 3.44. The first-order valence-corrected chi connectivity index (χ1v) is 6.85. The van der Waals surface area contributed by atoms with E-state index in [1.807, 2.05) is 18.2 Å². The van der Waals surface area contributed by atoms with E-state index in [4.69, 9.17) is 0 Å². The molecule has 0 unspecified atom stereocenters. The minimum absolute atomic E-state index is 0. The van der Waals surface area contributed by atoms with Gasteiger partial charge in [0.1, 0.15) is 0 Å². The quantitative estimate of drug-likeness (QED) is 0.855. The number of rotatable bonds is 3. The van der Waals surface area contributed by atoms with E-state index < -0.39 is 0 Å². The first kappa shape index (κ1) is 14.9. The molecule has 2 N–H and O–H groups in total. The molecule has 0 saturated carbocycles. The Labute approximate surface area is 125 Å². The molecule has 0 amide bonds. The normalized spacial score (nSPS) is 15.8. The SMILES string of the molecule is Cl.On1cc(C2CCNCC2)c(Cc2ccccc2)n1. The molecule has 1 fully saturated rings. The summed E-state index contributed by atoms with van der Waals surface area (Å²) < 4.78 is 0. The third-order valence-corrected chi connectivity index (χ3v) is 3.80. The summed E-state index contributed by atoms with van der Waals surface area (Å²) in [4.78, 5) is 0.968. The van der Waals surface area contributed by atoms with Crippen molar-refractivity contribution in [1.82, 2.24) is 15.3 Å². The lowest BCUT2D eigenvalue weighted by molar-refractivity contribution is 0.147. The van der Waals surface area contributed by atoms with Gasteiger partial charge < -0.3 is 10.5 Å². The number of hydrogen-bond acceptors (Lipinski definition) is 3. The fourth-order valence-electron chi connectivity index (χ4n) is 2.81. The molecule has 2 aromatic rings. The largest absolute Gasteiger partial charge is 0.412 e. The van der Waals surface area contributed by atoms with Gasteiger partial charge in [-0.3, -0.25) is 0 Å². The Morgan fingerprint density at radius 2 is 1.90 bits per heavy atom. The summed E-state index contributed by atoms with van der Waals surface area (Å²) in [5, 5.41) is 17.2. The van der Waals surface area contributed by atoms with Gasteiger partial charge in [0.05, 0.1) is 11.9 Å². The van der Waals surface area contributed by atoms with Gasteiger partial charge in [-0.05, 0) is 37.4 Å². The average molecular weight is 294 g/mol. The summed E-state index contributed by atoms with van der Waals surface area (Å²) in [7, 11) is 0. The standard InChI is InChI=1S/C15H19N3O.ClH/c19-18-11-14(13-6-8-16-9-7-13)15(17-18)10-12-4-2-1-3-5-12;/h1-5,11,13,16,19H,6-10H2;1H. The van der Waals surface area contributed by atoms with E-state index in [0.29, 0.717) is 5.92 Å². The number of hydrogen-bond donors (Lipinski definition) is 2. The van der Waals surface area contributed by atoms with Crippen LogP contribution in [0.3, 0.4) is 0 Å². The molecule has 1 aliphatic heterocycles. The Balaban J connectivity index is 0.00000147. The van der Waals surface area contributed by atoms with Crippen LogP contribution in [-0.4, -0.2) is 28.2 Å². The highest BCUT2D eigenvalue weighted by Gasteiger charge is 2.21. The van der Waals surface area contributed by atoms with Crippen LogP contribution in [0.25, 0.3) is 0 Å². The third kappa shape index (κ3) is 3.32. The lowest BCUT2D eigenvalue weighted by Gasteiger charge is -2.22. The Kier molecular flexibility index (Phi) is 5.04. The molecule has 0 radical (unpaired) electrons. The molecule has 0 atom stereocenters. The highest BCUT2D eigenvalue weighted by atomic mass is 35.5. The second-order valence-electron chi connectivity index (χ2n) is 5.14. The first-order chi connectivity index (χ1) is 9.33. The van der Waals surface area contributed by atoms with E-state index in [9.17, 15) is 5.21 Å². The van der Waals surface area contributed by atoms with Crippen molar-refractivity contribution in [2.75, 3.05) is 13.1 Å². The van der Waals surface area contributed by atoms with Crippen molar-refractivity contribution in [2.24, 2.45) is 0 Å². The molecule has 0 aliphatic carbocycles. The summed E-state index contributed by atoms with van der Waals surface area (Å²) in [6.07, 6.45) is 4.79. The zero-order chi connectivity index (χ0) is 13.1. The van der Waals surface area contributed by atoms with Crippen molar-refractivity contribution < 1.29 is 5.21 Å². The number of benzene rings is 1. The Hall–Kier alpha value is -1.52. The number of nitrogens with one attached hydrogen (secondary N) is 1. The smallest absolute Gasteiger partial charge is 0.0738 e. The van der Waals surface area contributed by atoms with E-state index in [-0.39, 0.29) is 12.4 Å². The zero-order valence-corrected chi connectivity index (χ0v) is 12.1. The van der Waals surface area contributed by atoms with Crippen molar-refractivity contribution >= 4 is 12.4 Å². The lowest BCUT2D eigenvalue weighted by atomic mass is 9.89. The molecular weight excluding hydrogens is 274 g/mol. The lowest BCUT2D eigenvalue weighted by Crippen LogP contribution is -2.26. The summed E-state index contributed by atoms with van der Waals surface area (Å²) in [6, 6.07) is 10.3. The van der Waals surface area contributed by atoms with Crippen molar-refractivity contribution in [2.45, 2.75) is 25.2 Å². The van der Waals surface area contributed by atoms with Crippen molar-refractivity contribution in [3.05, 3.63) is 53.3 Å². The third-order valence-electron chi connectivity index (χ3n) is 3.80. The molecule has 3 rings (SSSR count). The number of piperidine rings is 1. The van der Waals surface area contributed by atoms with E-state index >= 15 is 0 Å². The Morgan fingerprint density at radius 3 is 2.60 bits per heavy atom. The molecule has 4 nitrogen and oxygen atoms in total. The predicted molar refractivity (Wildman–Crippen MR) is 80.8 cm³/mol. The fraction of sp³-hybridized carbons (Fsp3) is 0.400. The average Bonchev–Trinajstić information content (AvgIpc) is 2.82. The number of nitrogens with zero attached hydrogens (tertiary/aromatic N) is 2. The molecule has 0 bridgehead atoms. The van der Waals surface area contributed by atoms with Crippen LogP contribution in [-0.2, 0) is 6.42 Å². The summed E-state index contributed by atoms with van der Waals surface area (Å²) in [6.45, 7) is 2.10. The van der Waals surface area contributed by atoms with E-state index in [2.05, 4.69) is 22.5 Å². The molecule has 1 aromatic heterocycles. The van der Waals surface area contributed by atoms with Gasteiger partial charge in [0.2, 0.25) is 0 Å². The van der Waals surface area contributed by atoms with Gasteiger partial charge >= 0.3 is 0 Å². The van der Waals surface area contributed by atoms with Crippen LogP contribution < -0.4 is 5.32 Å². The molecule has 1 aromatic carbocycles. The minimum Gasteiger partial charge on any atom is -0.412 e. The molecule has 20 heavy (non-hydrogen) atoms. The monoisotopic (exact) mass is 293 g/mol. The van der Waals surface area contributed by atoms with Crippen LogP contribution in [0.4, 0.5) is 0 Å². The Bertz CT molecular complexity index is 535. The number of aromatic nitrogens is 2. The van der Waals surface area contributed by atoms with Crippen molar-refractivity contribution in [1.29, 1.82) is 0 Å². The fourth-order valence-corrected chi connectivity index (χ4v) is 2.81. The zero-order valence-electron chi connectivity index (χ0n) is 11.3. The maximum Gasteiger partial charge on any atom is 0.0738 e. The molecule has 2 heterocycles. The van der Waals surface area contributed by atoms with Crippen LogP contribution >= 0.6 is 12.4 Å². The van der Waals surface area contributed by atoms with Gasteiger partial charge in [-0.2, -0.15) is 0 Å². The van der Waals surface area contributed by atoms with Crippen LogP contribution in [0.1, 0.15) is 35.6 Å². The predicted octanol–water partition coefficient (Wildman–Crippen LogP) is 2.60. The van der Waals surface area contributed by atoms with Crippen molar-refractivity contribution in [3.63, 3.8) is 0 Å². The van der Waals surface area contributed by atoms with E-state index in [1.54, 1.807) is 6.20 Å². The van der Waals surface area contributed by atoms with Crippen LogP contribution in [0.15, 0.2) is 36.5 Å². The topological polar surface area (TPSA) is 50.1 Å². The minimum atomic E-state index is 0. The van der Waals surface area contributed by atoms with Gasteiger partial charge in [-0.1, -0.05) is 30.3 Å². The first-order valence-electron chi connectivity index (χ1n) is 6.85. The maximum atomic E-state index is 9.63. The van der Waals surface area contributed by atoms with Gasteiger partial charge in [0.25, 0.3) is 0 Å². The Morgan fingerprint density at radius 1 is 1.20 bits per heavy atom. The molecule has 1 aliphatic rings. The van der Waals surface area contributed by atoms with Crippen LogP contribution in [0, 0.1) is 0 Å². The van der Waals surface area contributed by atoms with E-state index in [0.717, 1.165) is 42.9 Å².